The number of aromatic nitrogens is 3. The van der Waals surface area contributed by atoms with Crippen molar-refractivity contribution in [3.63, 3.8) is 0 Å². The van der Waals surface area contributed by atoms with Gasteiger partial charge in [-0.2, -0.15) is 5.10 Å². The number of benzene rings is 2. The number of aromatic amines is 1. The Kier molecular flexibility index (Phi) is 5.27. The standard InChI is InChI=1S/C26H26FN3O3/c1-14(2)24-23(15-3-7-18(27)8-4-15)20-11-17-13-28-29-22(17)12-21(20)25(31)30(24)19-9-5-16(6-10-19)26(32)33/h3-4,7-8,11-14,16,19H,5-6,9-10H2,1-2H3,(H,28,29)(H,32,33). The van der Waals surface area contributed by atoms with Crippen LogP contribution < -0.4 is 5.56 Å². The first-order valence-corrected chi connectivity index (χ1v) is 11.4. The van der Waals surface area contributed by atoms with Crippen molar-refractivity contribution >= 4 is 27.6 Å². The minimum Gasteiger partial charge on any atom is -0.481 e. The highest BCUT2D eigenvalue weighted by Crippen LogP contribution is 2.40. The molecule has 1 aliphatic carbocycles. The van der Waals surface area contributed by atoms with E-state index in [1.165, 1.54) is 12.1 Å². The summed E-state index contributed by atoms with van der Waals surface area (Å²) in [4.78, 5) is 25.4. The van der Waals surface area contributed by atoms with Gasteiger partial charge in [0.15, 0.2) is 0 Å². The Morgan fingerprint density at radius 2 is 1.82 bits per heavy atom. The van der Waals surface area contributed by atoms with Crippen LogP contribution in [0.1, 0.15) is 57.2 Å². The third-order valence-corrected chi connectivity index (χ3v) is 6.90. The second-order valence-corrected chi connectivity index (χ2v) is 9.30. The topological polar surface area (TPSA) is 88.0 Å². The lowest BCUT2D eigenvalue weighted by Crippen LogP contribution is -2.33. The number of rotatable bonds is 4. The first kappa shape index (κ1) is 21.4. The summed E-state index contributed by atoms with van der Waals surface area (Å²) in [5.74, 6) is -1.41. The maximum absolute atomic E-state index is 13.9. The Labute approximate surface area is 190 Å². The molecule has 0 bridgehead atoms. The second-order valence-electron chi connectivity index (χ2n) is 9.30. The molecule has 4 aromatic rings. The molecule has 2 N–H and O–H groups in total. The van der Waals surface area contributed by atoms with E-state index in [-0.39, 0.29) is 29.3 Å². The average molecular weight is 448 g/mol. The van der Waals surface area contributed by atoms with E-state index < -0.39 is 5.97 Å². The molecule has 0 atom stereocenters. The van der Waals surface area contributed by atoms with Gasteiger partial charge in [0.2, 0.25) is 0 Å². The fourth-order valence-electron chi connectivity index (χ4n) is 5.30. The molecule has 1 aliphatic rings. The number of carboxylic acid groups (broad SMARTS) is 1. The van der Waals surface area contributed by atoms with E-state index in [2.05, 4.69) is 24.0 Å². The summed E-state index contributed by atoms with van der Waals surface area (Å²) in [5.41, 5.74) is 3.38. The van der Waals surface area contributed by atoms with Gasteiger partial charge in [-0.15, -0.1) is 0 Å². The first-order valence-electron chi connectivity index (χ1n) is 11.4. The minimum absolute atomic E-state index is 0.0272. The third kappa shape index (κ3) is 3.61. The number of carboxylic acids is 1. The Morgan fingerprint density at radius 3 is 2.45 bits per heavy atom. The molecule has 7 heteroatoms. The lowest BCUT2D eigenvalue weighted by molar-refractivity contribution is -0.143. The number of nitrogens with zero attached hydrogens (tertiary/aromatic N) is 2. The van der Waals surface area contributed by atoms with Crippen LogP contribution in [0.15, 0.2) is 47.4 Å². The van der Waals surface area contributed by atoms with Gasteiger partial charge in [0.25, 0.3) is 5.56 Å². The number of fused-ring (bicyclic) bond motifs is 2. The lowest BCUT2D eigenvalue weighted by Gasteiger charge is -2.32. The van der Waals surface area contributed by atoms with Crippen LogP contribution in [0.2, 0.25) is 0 Å². The molecular formula is C26H26FN3O3. The molecule has 5 rings (SSSR count). The molecule has 0 radical (unpaired) electrons. The average Bonchev–Trinajstić information content (AvgIpc) is 3.26. The van der Waals surface area contributed by atoms with Crippen LogP contribution in [-0.4, -0.2) is 25.8 Å². The Balaban J connectivity index is 1.82. The van der Waals surface area contributed by atoms with E-state index in [9.17, 15) is 19.1 Å². The molecule has 6 nitrogen and oxygen atoms in total. The number of carbonyl (C=O) groups is 1. The molecule has 1 fully saturated rings. The van der Waals surface area contributed by atoms with Gasteiger partial charge in [-0.05, 0) is 66.8 Å². The van der Waals surface area contributed by atoms with Crippen molar-refractivity contribution in [2.75, 3.05) is 0 Å². The Bertz CT molecular complexity index is 1410. The monoisotopic (exact) mass is 447 g/mol. The molecule has 2 aromatic heterocycles. The molecular weight excluding hydrogens is 421 g/mol. The van der Waals surface area contributed by atoms with Crippen LogP contribution in [0, 0.1) is 11.7 Å². The van der Waals surface area contributed by atoms with E-state index in [0.717, 1.165) is 33.1 Å². The predicted molar refractivity (Wildman–Crippen MR) is 126 cm³/mol. The number of hydrogen-bond donors (Lipinski definition) is 2. The maximum Gasteiger partial charge on any atom is 0.306 e. The number of aliphatic carboxylic acids is 1. The van der Waals surface area contributed by atoms with Gasteiger partial charge in [0.1, 0.15) is 5.82 Å². The summed E-state index contributed by atoms with van der Waals surface area (Å²) in [6, 6.07) is 10.1. The van der Waals surface area contributed by atoms with E-state index in [1.807, 2.05) is 16.7 Å². The van der Waals surface area contributed by atoms with Crippen molar-refractivity contribution in [1.82, 2.24) is 14.8 Å². The molecule has 170 valence electrons. The molecule has 0 saturated heterocycles. The second kappa shape index (κ2) is 8.14. The Morgan fingerprint density at radius 1 is 1.12 bits per heavy atom. The third-order valence-electron chi connectivity index (χ3n) is 6.90. The van der Waals surface area contributed by atoms with Crippen LogP contribution in [0.25, 0.3) is 32.8 Å². The largest absolute Gasteiger partial charge is 0.481 e. The van der Waals surface area contributed by atoms with Gasteiger partial charge in [-0.3, -0.25) is 14.7 Å². The summed E-state index contributed by atoms with van der Waals surface area (Å²) in [7, 11) is 0. The quantitative estimate of drug-likeness (QED) is 0.425. The van der Waals surface area contributed by atoms with Crippen LogP contribution in [-0.2, 0) is 4.79 Å². The molecule has 2 heterocycles. The summed E-state index contributed by atoms with van der Waals surface area (Å²) >= 11 is 0. The summed E-state index contributed by atoms with van der Waals surface area (Å²) in [6.45, 7) is 4.12. The number of hydrogen-bond acceptors (Lipinski definition) is 3. The van der Waals surface area contributed by atoms with Crippen molar-refractivity contribution in [3.05, 3.63) is 64.5 Å². The van der Waals surface area contributed by atoms with Gasteiger partial charge in [-0.25, -0.2) is 4.39 Å². The SMILES string of the molecule is CC(C)c1c(-c2ccc(F)cc2)c2cc3cn[nH]c3cc2c(=O)n1C1CCC(C(=O)O)CC1. The Hall–Kier alpha value is -3.48. The van der Waals surface area contributed by atoms with E-state index >= 15 is 0 Å². The normalized spacial score (nSPS) is 18.9. The zero-order valence-corrected chi connectivity index (χ0v) is 18.6. The van der Waals surface area contributed by atoms with E-state index in [4.69, 9.17) is 0 Å². The molecule has 0 unspecified atom stereocenters. The van der Waals surface area contributed by atoms with Gasteiger partial charge < -0.3 is 9.67 Å². The van der Waals surface area contributed by atoms with Crippen molar-refractivity contribution in [2.45, 2.75) is 51.5 Å². The van der Waals surface area contributed by atoms with Gasteiger partial charge >= 0.3 is 5.97 Å². The van der Waals surface area contributed by atoms with E-state index in [0.29, 0.717) is 31.1 Å². The molecule has 33 heavy (non-hydrogen) atoms. The zero-order chi connectivity index (χ0) is 23.3. The van der Waals surface area contributed by atoms with E-state index in [1.54, 1.807) is 18.3 Å². The molecule has 0 amide bonds. The highest BCUT2D eigenvalue weighted by molar-refractivity contribution is 6.04. The molecule has 2 aromatic carbocycles. The minimum atomic E-state index is -0.767. The zero-order valence-electron chi connectivity index (χ0n) is 18.6. The maximum atomic E-state index is 13.9. The number of pyridine rings is 1. The molecule has 1 saturated carbocycles. The fourth-order valence-corrected chi connectivity index (χ4v) is 5.30. The first-order chi connectivity index (χ1) is 15.8. The summed E-state index contributed by atoms with van der Waals surface area (Å²) in [5, 5.41) is 18.8. The van der Waals surface area contributed by atoms with Crippen LogP contribution in [0.3, 0.4) is 0 Å². The van der Waals surface area contributed by atoms with Crippen molar-refractivity contribution < 1.29 is 14.3 Å². The molecule has 0 spiro atoms. The highest BCUT2D eigenvalue weighted by atomic mass is 19.1. The smallest absolute Gasteiger partial charge is 0.306 e. The van der Waals surface area contributed by atoms with Gasteiger partial charge in [0, 0.05) is 28.1 Å². The van der Waals surface area contributed by atoms with Crippen molar-refractivity contribution in [3.8, 4) is 11.1 Å². The van der Waals surface area contributed by atoms with Gasteiger partial charge in [0.05, 0.1) is 17.6 Å². The predicted octanol–water partition coefficient (Wildman–Crippen LogP) is 5.62. The van der Waals surface area contributed by atoms with Crippen molar-refractivity contribution in [2.24, 2.45) is 5.92 Å². The number of nitrogens with one attached hydrogen (secondary N) is 1. The summed E-state index contributed by atoms with van der Waals surface area (Å²) in [6.07, 6.45) is 4.10. The summed E-state index contributed by atoms with van der Waals surface area (Å²) < 4.78 is 15.7. The highest BCUT2D eigenvalue weighted by Gasteiger charge is 2.31. The van der Waals surface area contributed by atoms with Crippen LogP contribution in [0.4, 0.5) is 4.39 Å². The van der Waals surface area contributed by atoms with Crippen LogP contribution >= 0.6 is 0 Å². The number of H-pyrrole nitrogens is 1. The van der Waals surface area contributed by atoms with Crippen LogP contribution in [0.5, 0.6) is 0 Å². The number of halogens is 1. The lowest BCUT2D eigenvalue weighted by atomic mass is 9.84. The van der Waals surface area contributed by atoms with Gasteiger partial charge in [-0.1, -0.05) is 26.0 Å². The molecule has 0 aliphatic heterocycles. The fraction of sp³-hybridized carbons (Fsp3) is 0.346. The van der Waals surface area contributed by atoms with Crippen molar-refractivity contribution in [1.29, 1.82) is 0 Å².